The van der Waals surface area contributed by atoms with Gasteiger partial charge < -0.3 is 4.74 Å². The second-order valence-electron chi connectivity index (χ2n) is 3.50. The van der Waals surface area contributed by atoms with Gasteiger partial charge in [0.05, 0.1) is 12.7 Å². The fourth-order valence-corrected chi connectivity index (χ4v) is 2.45. The molecule has 0 aromatic heterocycles. The van der Waals surface area contributed by atoms with Gasteiger partial charge in [-0.25, -0.2) is 4.79 Å². The molecule has 1 aliphatic carbocycles. The summed E-state index contributed by atoms with van der Waals surface area (Å²) in [5.74, 6) is 0.471. The molecule has 0 heterocycles. The summed E-state index contributed by atoms with van der Waals surface area (Å²) >= 11 is 2.28. The van der Waals surface area contributed by atoms with E-state index in [1.165, 1.54) is 29.1 Å². The topological polar surface area (TPSA) is 26.3 Å². The first-order valence-corrected chi connectivity index (χ1v) is 5.68. The van der Waals surface area contributed by atoms with Crippen molar-refractivity contribution in [2.45, 2.75) is 18.8 Å². The average Bonchev–Trinajstić information content (AvgIpc) is 3.00. The third-order valence-corrected chi connectivity index (χ3v) is 3.37. The van der Waals surface area contributed by atoms with Crippen LogP contribution in [0.15, 0.2) is 18.2 Å². The average molecular weight is 302 g/mol. The fraction of sp³-hybridized carbons (Fsp3) is 0.364. The Morgan fingerprint density at radius 3 is 2.71 bits per heavy atom. The Morgan fingerprint density at radius 2 is 2.21 bits per heavy atom. The zero-order chi connectivity index (χ0) is 10.1. The van der Waals surface area contributed by atoms with Gasteiger partial charge in [-0.2, -0.15) is 0 Å². The Hall–Kier alpha value is -0.580. The van der Waals surface area contributed by atoms with Crippen LogP contribution >= 0.6 is 22.6 Å². The summed E-state index contributed by atoms with van der Waals surface area (Å²) in [6.07, 6.45) is 2.57. The lowest BCUT2D eigenvalue weighted by molar-refractivity contribution is 0.0600. The number of esters is 1. The van der Waals surface area contributed by atoms with E-state index in [0.29, 0.717) is 5.56 Å². The van der Waals surface area contributed by atoms with Crippen LogP contribution in [0.25, 0.3) is 0 Å². The van der Waals surface area contributed by atoms with E-state index in [9.17, 15) is 4.79 Å². The molecule has 0 radical (unpaired) electrons. The number of ether oxygens (including phenoxy) is 1. The van der Waals surface area contributed by atoms with E-state index in [2.05, 4.69) is 27.3 Å². The lowest BCUT2D eigenvalue weighted by atomic mass is 10.1. The summed E-state index contributed by atoms with van der Waals surface area (Å²) in [4.78, 5) is 11.2. The number of benzene rings is 1. The van der Waals surface area contributed by atoms with Gasteiger partial charge >= 0.3 is 5.97 Å². The lowest BCUT2D eigenvalue weighted by Gasteiger charge is -2.04. The van der Waals surface area contributed by atoms with Gasteiger partial charge in [0.25, 0.3) is 0 Å². The van der Waals surface area contributed by atoms with Crippen LogP contribution in [0.3, 0.4) is 0 Å². The number of carbonyl (C=O) groups is 1. The van der Waals surface area contributed by atoms with Crippen LogP contribution in [0.2, 0.25) is 0 Å². The molecule has 0 N–H and O–H groups in total. The maximum Gasteiger partial charge on any atom is 0.337 e. The molecule has 0 saturated heterocycles. The molecule has 1 aliphatic rings. The highest BCUT2D eigenvalue weighted by Gasteiger charge is 2.25. The molecule has 1 fully saturated rings. The van der Waals surface area contributed by atoms with Crippen LogP contribution in [0, 0.1) is 3.57 Å². The third-order valence-electron chi connectivity index (χ3n) is 2.44. The molecule has 1 aromatic carbocycles. The Labute approximate surface area is 96.8 Å². The smallest absolute Gasteiger partial charge is 0.337 e. The number of methoxy groups -OCH3 is 1. The van der Waals surface area contributed by atoms with Crippen LogP contribution in [-0.4, -0.2) is 13.1 Å². The molecule has 0 spiro atoms. The summed E-state index contributed by atoms with van der Waals surface area (Å²) in [6.45, 7) is 0. The van der Waals surface area contributed by atoms with Crippen molar-refractivity contribution in [2.75, 3.05) is 7.11 Å². The molecule has 1 aromatic rings. The summed E-state index contributed by atoms with van der Waals surface area (Å²) in [7, 11) is 1.41. The minimum Gasteiger partial charge on any atom is -0.465 e. The monoisotopic (exact) mass is 302 g/mol. The summed E-state index contributed by atoms with van der Waals surface area (Å²) in [5, 5.41) is 0. The molecule has 0 amide bonds. The van der Waals surface area contributed by atoms with Gasteiger partial charge in [0.1, 0.15) is 0 Å². The fourth-order valence-electron chi connectivity index (χ4n) is 1.50. The maximum atomic E-state index is 11.2. The van der Waals surface area contributed by atoms with Crippen LogP contribution in [0.1, 0.15) is 34.7 Å². The van der Waals surface area contributed by atoms with Crippen molar-refractivity contribution in [3.63, 3.8) is 0 Å². The Kier molecular flexibility index (Phi) is 2.76. The molecular weight excluding hydrogens is 291 g/mol. The van der Waals surface area contributed by atoms with Gasteiger partial charge in [-0.05, 0) is 59.0 Å². The largest absolute Gasteiger partial charge is 0.465 e. The molecule has 74 valence electrons. The number of rotatable bonds is 2. The minimum absolute atomic E-state index is 0.259. The number of hydrogen-bond acceptors (Lipinski definition) is 2. The zero-order valence-electron chi connectivity index (χ0n) is 7.92. The summed E-state index contributed by atoms with van der Waals surface area (Å²) in [5.41, 5.74) is 2.01. The number of halogens is 1. The lowest BCUT2D eigenvalue weighted by Crippen LogP contribution is -2.02. The van der Waals surface area contributed by atoms with Crippen LogP contribution in [-0.2, 0) is 4.74 Å². The standard InChI is InChI=1S/C11H11IO2/c1-14-11(13)8-4-5-9(7-2-3-7)10(12)6-8/h4-7H,2-3H2,1H3. The van der Waals surface area contributed by atoms with Crippen molar-refractivity contribution in [2.24, 2.45) is 0 Å². The van der Waals surface area contributed by atoms with Crippen LogP contribution < -0.4 is 0 Å². The second kappa shape index (κ2) is 3.88. The molecule has 3 heteroatoms. The van der Waals surface area contributed by atoms with Gasteiger partial charge in [-0.3, -0.25) is 0 Å². The highest BCUT2D eigenvalue weighted by molar-refractivity contribution is 14.1. The van der Waals surface area contributed by atoms with Gasteiger partial charge in [0.2, 0.25) is 0 Å². The van der Waals surface area contributed by atoms with Gasteiger partial charge in [-0.1, -0.05) is 6.07 Å². The van der Waals surface area contributed by atoms with Crippen molar-refractivity contribution in [1.82, 2.24) is 0 Å². The molecule has 14 heavy (non-hydrogen) atoms. The van der Waals surface area contributed by atoms with E-state index in [1.807, 2.05) is 18.2 Å². The van der Waals surface area contributed by atoms with Crippen LogP contribution in [0.5, 0.6) is 0 Å². The van der Waals surface area contributed by atoms with E-state index in [-0.39, 0.29) is 5.97 Å². The van der Waals surface area contributed by atoms with E-state index in [1.54, 1.807) is 0 Å². The Bertz CT molecular complexity index is 370. The first-order valence-electron chi connectivity index (χ1n) is 4.60. The van der Waals surface area contributed by atoms with Gasteiger partial charge in [0.15, 0.2) is 0 Å². The molecule has 2 rings (SSSR count). The third kappa shape index (κ3) is 1.92. The van der Waals surface area contributed by atoms with Crippen molar-refractivity contribution in [3.8, 4) is 0 Å². The predicted molar refractivity (Wildman–Crippen MR) is 62.5 cm³/mol. The van der Waals surface area contributed by atoms with Gasteiger partial charge in [-0.15, -0.1) is 0 Å². The minimum atomic E-state index is -0.259. The van der Waals surface area contributed by atoms with Crippen molar-refractivity contribution in [3.05, 3.63) is 32.9 Å². The highest BCUT2D eigenvalue weighted by Crippen LogP contribution is 2.42. The van der Waals surface area contributed by atoms with E-state index in [0.717, 1.165) is 5.92 Å². The van der Waals surface area contributed by atoms with Gasteiger partial charge in [0, 0.05) is 3.57 Å². The maximum absolute atomic E-state index is 11.2. The Morgan fingerprint density at radius 1 is 1.50 bits per heavy atom. The normalized spacial score (nSPS) is 15.3. The Balaban J connectivity index is 2.30. The van der Waals surface area contributed by atoms with Crippen LogP contribution in [0.4, 0.5) is 0 Å². The van der Waals surface area contributed by atoms with E-state index in [4.69, 9.17) is 0 Å². The first kappa shape index (κ1) is 9.96. The van der Waals surface area contributed by atoms with Crippen molar-refractivity contribution in [1.29, 1.82) is 0 Å². The van der Waals surface area contributed by atoms with Crippen molar-refractivity contribution >= 4 is 28.6 Å². The number of carbonyl (C=O) groups excluding carboxylic acids is 1. The quantitative estimate of drug-likeness (QED) is 0.620. The number of hydrogen-bond donors (Lipinski definition) is 0. The zero-order valence-corrected chi connectivity index (χ0v) is 10.1. The molecule has 1 saturated carbocycles. The summed E-state index contributed by atoms with van der Waals surface area (Å²) < 4.78 is 5.84. The van der Waals surface area contributed by atoms with E-state index >= 15 is 0 Å². The molecule has 2 nitrogen and oxygen atoms in total. The summed E-state index contributed by atoms with van der Waals surface area (Å²) in [6, 6.07) is 5.80. The molecule has 0 unspecified atom stereocenters. The molecular formula is C11H11IO2. The first-order chi connectivity index (χ1) is 6.72. The molecule has 0 aliphatic heterocycles. The van der Waals surface area contributed by atoms with E-state index < -0.39 is 0 Å². The molecule has 0 atom stereocenters. The predicted octanol–water partition coefficient (Wildman–Crippen LogP) is 2.96. The SMILES string of the molecule is COC(=O)c1ccc(C2CC2)c(I)c1. The second-order valence-corrected chi connectivity index (χ2v) is 4.66. The highest BCUT2D eigenvalue weighted by atomic mass is 127. The van der Waals surface area contributed by atoms with Crippen molar-refractivity contribution < 1.29 is 9.53 Å². The molecule has 0 bridgehead atoms.